The molecule has 0 aliphatic carbocycles. The third-order valence-electron chi connectivity index (χ3n) is 6.01. The van der Waals surface area contributed by atoms with Crippen LogP contribution in [-0.2, 0) is 21.0 Å². The van der Waals surface area contributed by atoms with E-state index in [0.29, 0.717) is 33.2 Å². The molecule has 0 saturated carbocycles. The van der Waals surface area contributed by atoms with Crippen LogP contribution in [0, 0.1) is 0 Å². The second kappa shape index (κ2) is 10.5. The number of rotatable bonds is 8. The third-order valence-corrected chi connectivity index (χ3v) is 9.87. The molecule has 0 radical (unpaired) electrons. The van der Waals surface area contributed by atoms with Crippen molar-refractivity contribution in [3.8, 4) is 0 Å². The molecular weight excluding hydrogens is 515 g/mol. The van der Waals surface area contributed by atoms with Crippen molar-refractivity contribution in [2.45, 2.75) is 36.3 Å². The van der Waals surface area contributed by atoms with Crippen LogP contribution >= 0.6 is 23.2 Å². The van der Waals surface area contributed by atoms with Crippen LogP contribution in [0.4, 0.5) is 11.4 Å². The highest BCUT2D eigenvalue weighted by atomic mass is 35.5. The van der Waals surface area contributed by atoms with E-state index in [4.69, 9.17) is 23.2 Å². The molecule has 2 heterocycles. The Morgan fingerprint density at radius 1 is 1.12 bits per heavy atom. The normalized spacial score (nSPS) is 16.6. The van der Waals surface area contributed by atoms with Gasteiger partial charge < -0.3 is 9.88 Å². The maximum atomic E-state index is 13.3. The van der Waals surface area contributed by atoms with Gasteiger partial charge in [0.15, 0.2) is 0 Å². The molecule has 3 aromatic rings. The molecule has 0 spiro atoms. The number of H-pyrrole nitrogens is 1. The first-order valence-electron chi connectivity index (χ1n) is 11.2. The number of piperidine rings is 1. The third kappa shape index (κ3) is 5.23. The number of halogens is 2. The molecule has 7 nitrogen and oxygen atoms in total. The molecule has 1 fully saturated rings. The average molecular weight is 544 g/mol. The van der Waals surface area contributed by atoms with Crippen LogP contribution in [0.5, 0.6) is 0 Å². The monoisotopic (exact) mass is 542 g/mol. The zero-order chi connectivity index (χ0) is 24.5. The molecule has 1 atom stereocenters. The Bertz CT molecular complexity index is 1290. The van der Waals surface area contributed by atoms with E-state index in [-0.39, 0.29) is 10.1 Å². The van der Waals surface area contributed by atoms with E-state index in [0.717, 1.165) is 38.0 Å². The number of nitrogens with one attached hydrogen (secondary N) is 2. The highest BCUT2D eigenvalue weighted by Crippen LogP contribution is 2.35. The van der Waals surface area contributed by atoms with Gasteiger partial charge in [-0.1, -0.05) is 30.1 Å². The first-order valence-corrected chi connectivity index (χ1v) is 14.6. The van der Waals surface area contributed by atoms with Gasteiger partial charge >= 0.3 is 0 Å². The topological polar surface area (TPSA) is 85.5 Å². The van der Waals surface area contributed by atoms with Crippen molar-refractivity contribution >= 4 is 66.5 Å². The fraction of sp³-hybridized carbons (Fsp3) is 0.391. The number of sulfonamides is 1. The number of likely N-dealkylation sites (tertiary alicyclic amines) is 1. The van der Waals surface area contributed by atoms with E-state index in [9.17, 15) is 12.6 Å². The fourth-order valence-electron chi connectivity index (χ4n) is 4.14. The van der Waals surface area contributed by atoms with Crippen molar-refractivity contribution in [1.82, 2.24) is 9.88 Å². The lowest BCUT2D eigenvalue weighted by Gasteiger charge is -2.33. The van der Waals surface area contributed by atoms with Crippen LogP contribution in [0.2, 0.25) is 10.0 Å². The van der Waals surface area contributed by atoms with E-state index in [2.05, 4.69) is 21.7 Å². The molecule has 0 bridgehead atoms. The minimum Gasteiger partial charge on any atom is -0.358 e. The number of fused-ring (bicyclic) bond motifs is 1. The molecule has 2 aromatic carbocycles. The van der Waals surface area contributed by atoms with E-state index < -0.39 is 21.0 Å². The van der Waals surface area contributed by atoms with Gasteiger partial charge in [-0.05, 0) is 75.8 Å². The summed E-state index contributed by atoms with van der Waals surface area (Å²) in [4.78, 5) is 5.33. The van der Waals surface area contributed by atoms with Gasteiger partial charge in [0.1, 0.15) is 11.0 Å². The number of aromatic amines is 1. The van der Waals surface area contributed by atoms with Gasteiger partial charge in [-0.3, -0.25) is 9.03 Å². The number of nitrogens with zero attached hydrogens (tertiary/aromatic N) is 2. The van der Waals surface area contributed by atoms with E-state index in [1.54, 1.807) is 42.6 Å². The molecule has 1 aliphatic heterocycles. The molecule has 1 aliphatic rings. The maximum Gasteiger partial charge on any atom is 0.261 e. The van der Waals surface area contributed by atoms with Crippen molar-refractivity contribution in [1.29, 1.82) is 0 Å². The Labute approximate surface area is 213 Å². The highest BCUT2D eigenvalue weighted by molar-refractivity contribution is 7.92. The minimum atomic E-state index is -3.87. The summed E-state index contributed by atoms with van der Waals surface area (Å²) in [6.07, 6.45) is 4.18. The molecular formula is C23H28Cl2N4O3S2. The van der Waals surface area contributed by atoms with E-state index >= 15 is 0 Å². The molecule has 0 amide bonds. The van der Waals surface area contributed by atoms with Crippen molar-refractivity contribution in [3.63, 3.8) is 0 Å². The first kappa shape index (κ1) is 25.3. The van der Waals surface area contributed by atoms with Crippen molar-refractivity contribution in [2.75, 3.05) is 35.7 Å². The predicted octanol–water partition coefficient (Wildman–Crippen LogP) is 5.25. The molecule has 184 valence electrons. The molecule has 1 aromatic heterocycles. The molecule has 2 N–H and O–H groups in total. The summed E-state index contributed by atoms with van der Waals surface area (Å²) in [6, 6.07) is 9.73. The molecule has 34 heavy (non-hydrogen) atoms. The number of hydrogen-bond acceptors (Lipinski definition) is 4. The second-order valence-electron chi connectivity index (χ2n) is 8.46. The number of hydrogen-bond donors (Lipinski definition) is 2. The smallest absolute Gasteiger partial charge is 0.261 e. The molecule has 4 rings (SSSR count). The summed E-state index contributed by atoms with van der Waals surface area (Å²) in [6.45, 7) is 4.55. The summed E-state index contributed by atoms with van der Waals surface area (Å²) in [7, 11) is -2.96. The quantitative estimate of drug-likeness (QED) is 0.407. The van der Waals surface area contributed by atoms with Gasteiger partial charge in [-0.15, -0.1) is 0 Å². The zero-order valence-corrected chi connectivity index (χ0v) is 22.2. The minimum absolute atomic E-state index is 0.104. The van der Waals surface area contributed by atoms with Crippen LogP contribution in [0.25, 0.3) is 10.9 Å². The standard InChI is InChI=1S/C23H28Cl2N4O3S2/c1-3-12-29(33(30)17-10-13-28(2)14-11-17)16-4-6-18(7-5-16)34(31,32)27-21-9-8-19(24)22-20(25)15-26-23(21)22/h4-9,15,17,26-27H,3,10-14H2,1-2H3. The first-order chi connectivity index (χ1) is 16.2. The number of benzene rings is 2. The number of aromatic nitrogens is 1. The largest absolute Gasteiger partial charge is 0.358 e. The Hall–Kier alpha value is -1.78. The molecule has 1 unspecified atom stereocenters. The van der Waals surface area contributed by atoms with Crippen LogP contribution in [0.1, 0.15) is 26.2 Å². The van der Waals surface area contributed by atoms with Gasteiger partial charge in [0, 0.05) is 23.8 Å². The molecule has 1 saturated heterocycles. The Morgan fingerprint density at radius 3 is 2.44 bits per heavy atom. The average Bonchev–Trinajstić information content (AvgIpc) is 3.22. The van der Waals surface area contributed by atoms with Crippen molar-refractivity contribution in [3.05, 3.63) is 52.6 Å². The van der Waals surface area contributed by atoms with E-state index in [1.165, 1.54) is 0 Å². The maximum absolute atomic E-state index is 13.3. The Morgan fingerprint density at radius 2 is 1.79 bits per heavy atom. The van der Waals surface area contributed by atoms with E-state index in [1.807, 2.05) is 11.2 Å². The van der Waals surface area contributed by atoms with Crippen molar-refractivity contribution in [2.24, 2.45) is 0 Å². The number of anilines is 2. The summed E-state index contributed by atoms with van der Waals surface area (Å²) in [5.74, 6) is 0. The van der Waals surface area contributed by atoms with Crippen LogP contribution in [0.3, 0.4) is 0 Å². The fourth-order valence-corrected chi connectivity index (χ4v) is 7.44. The SMILES string of the molecule is CCCN(c1ccc(S(=O)(=O)Nc2ccc(Cl)c3c(Cl)c[nH]c23)cc1)S(=O)C1CCN(C)CC1. The predicted molar refractivity (Wildman–Crippen MR) is 142 cm³/mol. The molecule has 11 heteroatoms. The summed E-state index contributed by atoms with van der Waals surface area (Å²) >= 11 is 12.4. The Balaban J connectivity index is 1.56. The summed E-state index contributed by atoms with van der Waals surface area (Å²) in [5.41, 5.74) is 1.62. The second-order valence-corrected chi connectivity index (χ2v) is 12.6. The van der Waals surface area contributed by atoms with Crippen LogP contribution < -0.4 is 9.03 Å². The lowest BCUT2D eigenvalue weighted by atomic mass is 10.1. The van der Waals surface area contributed by atoms with Crippen molar-refractivity contribution < 1.29 is 12.6 Å². The van der Waals surface area contributed by atoms with Crippen LogP contribution in [0.15, 0.2) is 47.5 Å². The van der Waals surface area contributed by atoms with Crippen LogP contribution in [-0.4, -0.2) is 54.4 Å². The zero-order valence-electron chi connectivity index (χ0n) is 19.1. The van der Waals surface area contributed by atoms with Gasteiger partial charge in [0.2, 0.25) is 0 Å². The van der Waals surface area contributed by atoms with Gasteiger partial charge in [-0.2, -0.15) is 0 Å². The van der Waals surface area contributed by atoms with Gasteiger partial charge in [0.05, 0.1) is 31.4 Å². The lowest BCUT2D eigenvalue weighted by Crippen LogP contribution is -2.41. The van der Waals surface area contributed by atoms with Gasteiger partial charge in [0.25, 0.3) is 10.0 Å². The highest BCUT2D eigenvalue weighted by Gasteiger charge is 2.27. The van der Waals surface area contributed by atoms with Gasteiger partial charge in [-0.25, -0.2) is 12.6 Å². The summed E-state index contributed by atoms with van der Waals surface area (Å²) in [5, 5.41) is 1.51. The Kier molecular flexibility index (Phi) is 7.79. The summed E-state index contributed by atoms with van der Waals surface area (Å²) < 4.78 is 44.0. The lowest BCUT2D eigenvalue weighted by molar-refractivity contribution is 0.280.